The lowest BCUT2D eigenvalue weighted by Gasteiger charge is -2.12. The lowest BCUT2D eigenvalue weighted by atomic mass is 10.2. The van der Waals surface area contributed by atoms with Gasteiger partial charge in [0.15, 0.2) is 11.1 Å². The highest BCUT2D eigenvalue weighted by Gasteiger charge is 2.26. The number of halogens is 2. The molecule has 2 aromatic rings. The quantitative estimate of drug-likeness (QED) is 0.908. The van der Waals surface area contributed by atoms with Gasteiger partial charge < -0.3 is 9.88 Å². The van der Waals surface area contributed by atoms with Gasteiger partial charge in [0.05, 0.1) is 11.4 Å². The molecule has 1 saturated carbocycles. The minimum atomic E-state index is -2.82. The SMILES string of the molecule is Cc1[nH]nc(C(F)F)c1NC(=O)c1cn(C2CC2)c(C)cc1=O. The maximum Gasteiger partial charge on any atom is 0.284 e. The summed E-state index contributed by atoms with van der Waals surface area (Å²) in [6, 6.07) is 1.69. The number of aromatic nitrogens is 3. The molecule has 1 aliphatic carbocycles. The second-order valence-electron chi connectivity index (χ2n) is 5.69. The Morgan fingerprint density at radius 1 is 1.43 bits per heavy atom. The molecular formula is C15H16F2N4O2. The minimum absolute atomic E-state index is 0.0664. The average Bonchev–Trinajstić information content (AvgIpc) is 3.24. The Morgan fingerprint density at radius 3 is 2.74 bits per heavy atom. The van der Waals surface area contributed by atoms with Gasteiger partial charge in [0.25, 0.3) is 12.3 Å². The fraction of sp³-hybridized carbons (Fsp3) is 0.400. The molecule has 3 rings (SSSR count). The highest BCUT2D eigenvalue weighted by atomic mass is 19.3. The fourth-order valence-corrected chi connectivity index (χ4v) is 2.51. The number of carbonyl (C=O) groups excluding carboxylic acids is 1. The third-order valence-electron chi connectivity index (χ3n) is 3.89. The Morgan fingerprint density at radius 2 is 2.13 bits per heavy atom. The Hall–Kier alpha value is -2.51. The number of aryl methyl sites for hydroxylation is 2. The van der Waals surface area contributed by atoms with E-state index in [4.69, 9.17) is 0 Å². The number of alkyl halides is 2. The number of H-pyrrole nitrogens is 1. The molecule has 1 amide bonds. The van der Waals surface area contributed by atoms with Crippen LogP contribution in [0.5, 0.6) is 0 Å². The van der Waals surface area contributed by atoms with Crippen LogP contribution < -0.4 is 10.7 Å². The van der Waals surface area contributed by atoms with Crippen LogP contribution in [0.3, 0.4) is 0 Å². The summed E-state index contributed by atoms with van der Waals surface area (Å²) in [5.41, 5.74) is -0.0292. The number of hydrogen-bond donors (Lipinski definition) is 2. The van der Waals surface area contributed by atoms with Gasteiger partial charge in [-0.25, -0.2) is 8.78 Å². The first-order valence-electron chi connectivity index (χ1n) is 7.25. The molecule has 0 spiro atoms. The number of nitrogens with zero attached hydrogens (tertiary/aromatic N) is 2. The number of rotatable bonds is 4. The predicted octanol–water partition coefficient (Wildman–Crippen LogP) is 2.71. The zero-order chi connectivity index (χ0) is 16.7. The van der Waals surface area contributed by atoms with Crippen LogP contribution in [0.15, 0.2) is 17.1 Å². The maximum atomic E-state index is 12.9. The van der Waals surface area contributed by atoms with E-state index in [9.17, 15) is 18.4 Å². The van der Waals surface area contributed by atoms with Crippen molar-refractivity contribution in [2.24, 2.45) is 0 Å². The standard InChI is InChI=1S/C15H16F2N4O2/c1-7-5-11(22)10(6-21(7)9-3-4-9)15(23)18-12-8(2)19-20-13(12)14(16)17/h5-6,9,14H,3-4H2,1-2H3,(H,18,23)(H,19,20). The normalized spacial score (nSPS) is 14.3. The van der Waals surface area contributed by atoms with Crippen LogP contribution in [0, 0.1) is 13.8 Å². The summed E-state index contributed by atoms with van der Waals surface area (Å²) in [4.78, 5) is 24.4. The number of carbonyl (C=O) groups is 1. The van der Waals surface area contributed by atoms with E-state index in [2.05, 4.69) is 15.5 Å². The Kier molecular flexibility index (Phi) is 3.75. The summed E-state index contributed by atoms with van der Waals surface area (Å²) in [5, 5.41) is 8.27. The third-order valence-corrected chi connectivity index (χ3v) is 3.89. The first-order valence-corrected chi connectivity index (χ1v) is 7.25. The molecule has 0 aromatic carbocycles. The van der Waals surface area contributed by atoms with Gasteiger partial charge in [-0.1, -0.05) is 0 Å². The molecule has 8 heteroatoms. The Bertz CT molecular complexity index is 821. The number of amides is 1. The van der Waals surface area contributed by atoms with Gasteiger partial charge in [-0.3, -0.25) is 14.7 Å². The first-order chi connectivity index (χ1) is 10.9. The van der Waals surface area contributed by atoms with Crippen molar-refractivity contribution in [2.75, 3.05) is 5.32 Å². The van der Waals surface area contributed by atoms with Gasteiger partial charge in [0, 0.05) is 24.0 Å². The lowest BCUT2D eigenvalue weighted by molar-refractivity contribution is 0.102. The Balaban J connectivity index is 1.94. The van der Waals surface area contributed by atoms with Crippen LogP contribution in [-0.4, -0.2) is 20.7 Å². The summed E-state index contributed by atoms with van der Waals surface area (Å²) in [7, 11) is 0. The Labute approximate surface area is 130 Å². The van der Waals surface area contributed by atoms with Crippen molar-refractivity contribution in [1.82, 2.24) is 14.8 Å². The van der Waals surface area contributed by atoms with Crippen LogP contribution in [0.25, 0.3) is 0 Å². The molecule has 122 valence electrons. The minimum Gasteiger partial charge on any atom is -0.348 e. The highest BCUT2D eigenvalue weighted by Crippen LogP contribution is 2.35. The highest BCUT2D eigenvalue weighted by molar-refractivity contribution is 6.04. The van der Waals surface area contributed by atoms with Crippen LogP contribution in [0.1, 0.15) is 52.7 Å². The van der Waals surface area contributed by atoms with Gasteiger partial charge in [-0.2, -0.15) is 5.10 Å². The largest absolute Gasteiger partial charge is 0.348 e. The molecule has 1 fully saturated rings. The lowest BCUT2D eigenvalue weighted by Crippen LogP contribution is -2.24. The predicted molar refractivity (Wildman–Crippen MR) is 79.9 cm³/mol. The number of nitrogens with one attached hydrogen (secondary N) is 2. The summed E-state index contributed by atoms with van der Waals surface area (Å²) in [6.07, 6.45) is 0.682. The van der Waals surface area contributed by atoms with Gasteiger partial charge in [0.2, 0.25) is 0 Å². The molecular weight excluding hydrogens is 306 g/mol. The van der Waals surface area contributed by atoms with Gasteiger partial charge in [-0.05, 0) is 26.7 Å². The molecule has 2 aromatic heterocycles. The van der Waals surface area contributed by atoms with Crippen LogP contribution in [0.2, 0.25) is 0 Å². The maximum absolute atomic E-state index is 12.9. The number of anilines is 1. The van der Waals surface area contributed by atoms with E-state index >= 15 is 0 Å². The van der Waals surface area contributed by atoms with Gasteiger partial charge in [-0.15, -0.1) is 0 Å². The molecule has 23 heavy (non-hydrogen) atoms. The zero-order valence-corrected chi connectivity index (χ0v) is 12.7. The molecule has 0 radical (unpaired) electrons. The van der Waals surface area contributed by atoms with Crippen LogP contribution in [0.4, 0.5) is 14.5 Å². The zero-order valence-electron chi connectivity index (χ0n) is 12.7. The third kappa shape index (κ3) is 2.88. The second kappa shape index (κ2) is 5.60. The van der Waals surface area contributed by atoms with Crippen molar-refractivity contribution in [3.63, 3.8) is 0 Å². The molecule has 6 nitrogen and oxygen atoms in total. The molecule has 0 atom stereocenters. The number of pyridine rings is 1. The fourth-order valence-electron chi connectivity index (χ4n) is 2.51. The van der Waals surface area contributed by atoms with E-state index in [-0.39, 0.29) is 11.3 Å². The van der Waals surface area contributed by atoms with E-state index in [1.54, 1.807) is 6.92 Å². The van der Waals surface area contributed by atoms with E-state index in [0.717, 1.165) is 18.5 Å². The van der Waals surface area contributed by atoms with E-state index in [1.807, 2.05) is 4.57 Å². The van der Waals surface area contributed by atoms with Crippen molar-refractivity contribution < 1.29 is 13.6 Å². The summed E-state index contributed by atoms with van der Waals surface area (Å²) in [5.74, 6) is -0.712. The summed E-state index contributed by atoms with van der Waals surface area (Å²) in [6.45, 7) is 3.32. The number of hydrogen-bond acceptors (Lipinski definition) is 3. The topological polar surface area (TPSA) is 79.8 Å². The molecule has 0 saturated heterocycles. The molecule has 0 unspecified atom stereocenters. The molecule has 0 bridgehead atoms. The molecule has 0 aliphatic heterocycles. The van der Waals surface area contributed by atoms with Crippen molar-refractivity contribution in [2.45, 2.75) is 39.2 Å². The monoisotopic (exact) mass is 322 g/mol. The summed E-state index contributed by atoms with van der Waals surface area (Å²) < 4.78 is 27.7. The van der Waals surface area contributed by atoms with Crippen molar-refractivity contribution in [3.8, 4) is 0 Å². The number of aromatic amines is 1. The smallest absolute Gasteiger partial charge is 0.284 e. The van der Waals surface area contributed by atoms with Gasteiger partial charge >= 0.3 is 0 Å². The van der Waals surface area contributed by atoms with Crippen molar-refractivity contribution >= 4 is 11.6 Å². The van der Waals surface area contributed by atoms with Crippen LogP contribution >= 0.6 is 0 Å². The molecule has 2 heterocycles. The van der Waals surface area contributed by atoms with Crippen LogP contribution in [-0.2, 0) is 0 Å². The van der Waals surface area contributed by atoms with E-state index in [1.165, 1.54) is 19.2 Å². The molecule has 1 aliphatic rings. The van der Waals surface area contributed by atoms with Gasteiger partial charge in [0.1, 0.15) is 5.56 Å². The van der Waals surface area contributed by atoms with Crippen molar-refractivity contribution in [1.29, 1.82) is 0 Å². The average molecular weight is 322 g/mol. The van der Waals surface area contributed by atoms with E-state index in [0.29, 0.717) is 11.7 Å². The second-order valence-corrected chi connectivity index (χ2v) is 5.69. The van der Waals surface area contributed by atoms with Crippen molar-refractivity contribution in [3.05, 3.63) is 45.1 Å². The van der Waals surface area contributed by atoms with E-state index < -0.39 is 23.5 Å². The summed E-state index contributed by atoms with van der Waals surface area (Å²) >= 11 is 0. The molecule has 2 N–H and O–H groups in total. The first kappa shape index (κ1) is 15.4.